The van der Waals surface area contributed by atoms with E-state index in [9.17, 15) is 0 Å². The minimum Gasteiger partial charge on any atom is -0.313 e. The smallest absolute Gasteiger partial charge is 0.0374 e. The van der Waals surface area contributed by atoms with Crippen LogP contribution in [0, 0.1) is 17.8 Å². The van der Waals surface area contributed by atoms with Gasteiger partial charge in [0, 0.05) is 31.7 Å². The van der Waals surface area contributed by atoms with Crippen molar-refractivity contribution in [2.24, 2.45) is 17.8 Å². The van der Waals surface area contributed by atoms with Gasteiger partial charge in [0.25, 0.3) is 0 Å². The molecule has 6 rings (SSSR count). The lowest BCUT2D eigenvalue weighted by Gasteiger charge is -2.36. The van der Waals surface area contributed by atoms with Gasteiger partial charge in [-0.1, -0.05) is 144 Å². The first-order valence-corrected chi connectivity index (χ1v) is 16.6. The second-order valence-electron chi connectivity index (χ2n) is 13.7. The van der Waals surface area contributed by atoms with Gasteiger partial charge in [0.05, 0.1) is 0 Å². The lowest BCUT2D eigenvalue weighted by atomic mass is 9.82. The molecule has 0 aliphatic carbocycles. The molecule has 3 aromatic rings. The molecule has 3 heteroatoms. The van der Waals surface area contributed by atoms with Crippen LogP contribution in [0.15, 0.2) is 72.8 Å². The molecule has 252 valence electrons. The monoisotopic (exact) mass is 616 g/mol. The third kappa shape index (κ3) is 10.5. The maximum atomic E-state index is 3.63. The molecule has 0 fully saturated rings. The number of nitrogens with zero attached hydrogens (tertiary/aromatic N) is 2. The van der Waals surface area contributed by atoms with Crippen molar-refractivity contribution < 1.29 is 0 Å². The minimum atomic E-state index is 0. The molecule has 0 saturated carbocycles. The van der Waals surface area contributed by atoms with E-state index in [1.165, 1.54) is 47.2 Å². The summed E-state index contributed by atoms with van der Waals surface area (Å²) in [4.78, 5) is 4.99. The van der Waals surface area contributed by atoms with Crippen molar-refractivity contribution >= 4 is 0 Å². The van der Waals surface area contributed by atoms with Crippen LogP contribution in [0.5, 0.6) is 0 Å². The van der Waals surface area contributed by atoms with E-state index in [1.807, 2.05) is 0 Å². The molecule has 0 spiro atoms. The van der Waals surface area contributed by atoms with Gasteiger partial charge in [0.2, 0.25) is 0 Å². The minimum absolute atomic E-state index is 0. The van der Waals surface area contributed by atoms with Crippen molar-refractivity contribution in [2.75, 3.05) is 26.7 Å². The molecule has 0 aromatic heterocycles. The highest BCUT2D eigenvalue weighted by Gasteiger charge is 2.29. The van der Waals surface area contributed by atoms with Gasteiger partial charge in [-0.2, -0.15) is 0 Å². The molecule has 1 N–H and O–H groups in total. The van der Waals surface area contributed by atoms with Crippen molar-refractivity contribution in [3.8, 4) is 0 Å². The van der Waals surface area contributed by atoms with Crippen LogP contribution in [0.25, 0.3) is 0 Å². The van der Waals surface area contributed by atoms with Crippen LogP contribution in [0.4, 0.5) is 0 Å². The van der Waals surface area contributed by atoms with Crippen LogP contribution in [0.1, 0.15) is 116 Å². The first kappa shape index (κ1) is 40.6. The van der Waals surface area contributed by atoms with E-state index in [4.69, 9.17) is 0 Å². The average Bonchev–Trinajstić information content (AvgIpc) is 3.17. The fourth-order valence-corrected chi connectivity index (χ4v) is 7.15. The molecule has 0 amide bonds. The lowest BCUT2D eigenvalue weighted by Crippen LogP contribution is -2.35. The maximum Gasteiger partial charge on any atom is 0.0374 e. The van der Waals surface area contributed by atoms with Crippen molar-refractivity contribution in [1.29, 1.82) is 0 Å². The van der Waals surface area contributed by atoms with E-state index in [1.54, 1.807) is 5.56 Å². The zero-order chi connectivity index (χ0) is 30.2. The van der Waals surface area contributed by atoms with Gasteiger partial charge in [0.1, 0.15) is 0 Å². The van der Waals surface area contributed by atoms with Crippen LogP contribution in [-0.2, 0) is 25.9 Å². The van der Waals surface area contributed by atoms with Crippen molar-refractivity contribution in [3.05, 3.63) is 106 Å². The molecule has 0 bridgehead atoms. The standard InChI is InChI=1S/C14H21N.C13H19N.C12H17N.3CH4/c1-4-15-9-12-7-5-6-8-13(12)14(10-15)11(2)3;1-10(2)13-9-12-6-4-3-5-11(12)7-8-14-13;1-9(2)12-11-7-5-4-6-10(11)8-13(12)3;;;/h5-8,11,14H,4,9-10H2,1-3H3;3-6,10,13-14H,7-9H2,1-2H3;4-7,9,12H,8H2,1-3H3;3*1H4. The number of rotatable bonds is 4. The first-order valence-electron chi connectivity index (χ1n) is 16.6. The molecule has 3 atom stereocenters. The number of likely N-dealkylation sites (N-methyl/N-ethyl adjacent to an activating group) is 1. The highest BCUT2D eigenvalue weighted by molar-refractivity contribution is 5.35. The van der Waals surface area contributed by atoms with Gasteiger partial charge in [0.15, 0.2) is 0 Å². The van der Waals surface area contributed by atoms with E-state index in [-0.39, 0.29) is 22.3 Å². The second kappa shape index (κ2) is 19.3. The van der Waals surface area contributed by atoms with Crippen molar-refractivity contribution in [3.63, 3.8) is 0 Å². The molecule has 3 aromatic carbocycles. The molecule has 0 saturated heterocycles. The van der Waals surface area contributed by atoms with Gasteiger partial charge in [-0.05, 0) is 90.0 Å². The molecule has 3 aliphatic rings. The molecular weight excluding hydrogens is 546 g/mol. The van der Waals surface area contributed by atoms with Gasteiger partial charge in [-0.25, -0.2) is 0 Å². The molecule has 3 aliphatic heterocycles. The largest absolute Gasteiger partial charge is 0.313 e. The molecule has 3 nitrogen and oxygen atoms in total. The van der Waals surface area contributed by atoms with Crippen molar-refractivity contribution in [1.82, 2.24) is 15.1 Å². The normalized spacial score (nSPS) is 20.5. The molecule has 45 heavy (non-hydrogen) atoms. The second-order valence-corrected chi connectivity index (χ2v) is 13.7. The molecular formula is C42H69N3. The Balaban J connectivity index is 0.000000327. The summed E-state index contributed by atoms with van der Waals surface area (Å²) in [5, 5.41) is 3.63. The topological polar surface area (TPSA) is 18.5 Å². The maximum absolute atomic E-state index is 3.63. The predicted molar refractivity (Wildman–Crippen MR) is 201 cm³/mol. The number of nitrogens with one attached hydrogen (secondary N) is 1. The van der Waals surface area contributed by atoms with E-state index in [0.29, 0.717) is 18.0 Å². The number of fused-ring (bicyclic) bond motifs is 3. The fraction of sp³-hybridized carbons (Fsp3) is 0.571. The first-order chi connectivity index (χ1) is 20.2. The Kier molecular flexibility index (Phi) is 17.4. The predicted octanol–water partition coefficient (Wildman–Crippen LogP) is 10.4. The van der Waals surface area contributed by atoms with Gasteiger partial charge in [-0.3, -0.25) is 9.80 Å². The van der Waals surface area contributed by atoms with Crippen LogP contribution >= 0.6 is 0 Å². The Hall–Kier alpha value is -2.46. The Morgan fingerprint density at radius 1 is 0.667 bits per heavy atom. The highest BCUT2D eigenvalue weighted by atomic mass is 15.2. The Morgan fingerprint density at radius 2 is 1.20 bits per heavy atom. The Morgan fingerprint density at radius 3 is 1.76 bits per heavy atom. The van der Waals surface area contributed by atoms with E-state index in [2.05, 4.69) is 143 Å². The number of hydrogen-bond acceptors (Lipinski definition) is 3. The average molecular weight is 616 g/mol. The summed E-state index contributed by atoms with van der Waals surface area (Å²) in [5.74, 6) is 2.88. The zero-order valence-corrected chi connectivity index (χ0v) is 27.7. The van der Waals surface area contributed by atoms with Gasteiger partial charge < -0.3 is 5.32 Å². The third-order valence-corrected chi connectivity index (χ3v) is 9.62. The summed E-state index contributed by atoms with van der Waals surface area (Å²) < 4.78 is 0. The Labute approximate surface area is 279 Å². The fourth-order valence-electron chi connectivity index (χ4n) is 7.15. The molecule has 3 heterocycles. The summed E-state index contributed by atoms with van der Waals surface area (Å²) in [6.07, 6.45) is 2.37. The van der Waals surface area contributed by atoms with Crippen LogP contribution in [-0.4, -0.2) is 42.5 Å². The number of benzene rings is 3. The lowest BCUT2D eigenvalue weighted by molar-refractivity contribution is 0.214. The van der Waals surface area contributed by atoms with Gasteiger partial charge >= 0.3 is 0 Å². The zero-order valence-electron chi connectivity index (χ0n) is 27.7. The van der Waals surface area contributed by atoms with E-state index in [0.717, 1.165) is 43.9 Å². The van der Waals surface area contributed by atoms with Crippen molar-refractivity contribution in [2.45, 2.75) is 115 Å². The van der Waals surface area contributed by atoms with Crippen LogP contribution in [0.2, 0.25) is 0 Å². The molecule has 3 unspecified atom stereocenters. The van der Waals surface area contributed by atoms with Crippen LogP contribution < -0.4 is 5.32 Å². The summed E-state index contributed by atoms with van der Waals surface area (Å²) in [7, 11) is 2.21. The van der Waals surface area contributed by atoms with Crippen LogP contribution in [0.3, 0.4) is 0 Å². The van der Waals surface area contributed by atoms with E-state index < -0.39 is 0 Å². The molecule has 0 radical (unpaired) electrons. The number of hydrogen-bond donors (Lipinski definition) is 1. The quantitative estimate of drug-likeness (QED) is 0.315. The third-order valence-electron chi connectivity index (χ3n) is 9.62. The van der Waals surface area contributed by atoms with Gasteiger partial charge in [-0.15, -0.1) is 0 Å². The summed E-state index contributed by atoms with van der Waals surface area (Å²) in [6, 6.07) is 27.8. The highest BCUT2D eigenvalue weighted by Crippen LogP contribution is 2.37. The summed E-state index contributed by atoms with van der Waals surface area (Å²) in [6.45, 7) is 21.9. The Bertz CT molecular complexity index is 1250. The summed E-state index contributed by atoms with van der Waals surface area (Å²) in [5.41, 5.74) is 9.21. The SMILES string of the molecule is C.C.C.CC(C)C1Cc2ccccc2CCN1.CC(C)C1c2ccccc2CN1C.CCN1Cc2ccccc2C(C(C)C)C1. The summed E-state index contributed by atoms with van der Waals surface area (Å²) >= 11 is 0. The van der Waals surface area contributed by atoms with E-state index >= 15 is 0 Å².